The summed E-state index contributed by atoms with van der Waals surface area (Å²) in [6.45, 7) is 1.92. The highest BCUT2D eigenvalue weighted by Crippen LogP contribution is 2.31. The first-order valence-corrected chi connectivity index (χ1v) is 8.43. The Bertz CT molecular complexity index is 708. The molecule has 2 fully saturated rings. The predicted octanol–water partition coefficient (Wildman–Crippen LogP) is 1.88. The van der Waals surface area contributed by atoms with Crippen LogP contribution in [0.3, 0.4) is 0 Å². The Morgan fingerprint density at radius 2 is 2.00 bits per heavy atom. The summed E-state index contributed by atoms with van der Waals surface area (Å²) >= 11 is 0. The molecule has 1 N–H and O–H groups in total. The quantitative estimate of drug-likeness (QED) is 0.806. The van der Waals surface area contributed by atoms with Gasteiger partial charge in [-0.25, -0.2) is 4.39 Å². The molecule has 142 valence electrons. The van der Waals surface area contributed by atoms with Gasteiger partial charge < -0.3 is 15.1 Å². The standard InChI is InChI=1S/C17H19F4N3O2/c18-14-4-3-11(17(19,20)21)8-13(14)16(26)23-6-1-2-12(10-23)24-7-5-22-9-15(24)25/h3-4,8,12,22H,1-2,5-7,9-10H2. The molecule has 0 radical (unpaired) electrons. The summed E-state index contributed by atoms with van der Waals surface area (Å²) in [7, 11) is 0. The van der Waals surface area contributed by atoms with Crippen LogP contribution in [0.25, 0.3) is 0 Å². The molecule has 1 unspecified atom stereocenters. The first kappa shape index (κ1) is 18.6. The molecule has 1 aromatic rings. The van der Waals surface area contributed by atoms with Gasteiger partial charge in [0.05, 0.1) is 17.7 Å². The minimum Gasteiger partial charge on any atom is -0.336 e. The number of nitrogens with one attached hydrogen (secondary N) is 1. The number of piperidine rings is 1. The van der Waals surface area contributed by atoms with Crippen LogP contribution in [-0.4, -0.2) is 60.4 Å². The van der Waals surface area contributed by atoms with Crippen molar-refractivity contribution < 1.29 is 27.2 Å². The van der Waals surface area contributed by atoms with Crippen LogP contribution in [-0.2, 0) is 11.0 Å². The molecule has 0 spiro atoms. The highest BCUT2D eigenvalue weighted by atomic mass is 19.4. The number of amides is 2. The second-order valence-corrected chi connectivity index (χ2v) is 6.50. The van der Waals surface area contributed by atoms with Crippen molar-refractivity contribution in [2.45, 2.75) is 25.1 Å². The third kappa shape index (κ3) is 3.82. The van der Waals surface area contributed by atoms with Crippen molar-refractivity contribution in [1.29, 1.82) is 0 Å². The Kier molecular flexibility index (Phi) is 5.17. The van der Waals surface area contributed by atoms with Crippen molar-refractivity contribution in [2.24, 2.45) is 0 Å². The van der Waals surface area contributed by atoms with Crippen LogP contribution in [0.5, 0.6) is 0 Å². The van der Waals surface area contributed by atoms with E-state index >= 15 is 0 Å². The lowest BCUT2D eigenvalue weighted by atomic mass is 10.0. The lowest BCUT2D eigenvalue weighted by Gasteiger charge is -2.41. The van der Waals surface area contributed by atoms with Gasteiger partial charge in [-0.2, -0.15) is 13.2 Å². The van der Waals surface area contributed by atoms with E-state index in [2.05, 4.69) is 5.32 Å². The smallest absolute Gasteiger partial charge is 0.336 e. The summed E-state index contributed by atoms with van der Waals surface area (Å²) in [5.74, 6) is -1.83. The van der Waals surface area contributed by atoms with Gasteiger partial charge in [0.25, 0.3) is 5.91 Å². The fourth-order valence-electron chi connectivity index (χ4n) is 3.44. The predicted molar refractivity (Wildman–Crippen MR) is 84.9 cm³/mol. The summed E-state index contributed by atoms with van der Waals surface area (Å²) in [5.41, 5.74) is -1.65. The molecule has 1 atom stereocenters. The summed E-state index contributed by atoms with van der Waals surface area (Å²) < 4.78 is 52.6. The van der Waals surface area contributed by atoms with E-state index in [0.717, 1.165) is 0 Å². The topological polar surface area (TPSA) is 52.7 Å². The van der Waals surface area contributed by atoms with Crippen LogP contribution < -0.4 is 5.32 Å². The van der Waals surface area contributed by atoms with E-state index in [4.69, 9.17) is 0 Å². The summed E-state index contributed by atoms with van der Waals surface area (Å²) in [6.07, 6.45) is -3.34. The van der Waals surface area contributed by atoms with Gasteiger partial charge in [-0.05, 0) is 31.0 Å². The third-order valence-electron chi connectivity index (χ3n) is 4.77. The molecule has 2 aliphatic heterocycles. The number of hydrogen-bond acceptors (Lipinski definition) is 3. The minimum atomic E-state index is -4.65. The molecule has 9 heteroatoms. The maximum absolute atomic E-state index is 14.0. The van der Waals surface area contributed by atoms with E-state index in [0.29, 0.717) is 50.7 Å². The molecule has 2 aliphatic rings. The molecular weight excluding hydrogens is 354 g/mol. The molecule has 2 amide bonds. The molecule has 0 saturated carbocycles. The van der Waals surface area contributed by atoms with Crippen molar-refractivity contribution >= 4 is 11.8 Å². The number of piperazine rings is 1. The Balaban J connectivity index is 1.78. The zero-order valence-electron chi connectivity index (χ0n) is 14.0. The van der Waals surface area contributed by atoms with E-state index in [1.165, 1.54) is 4.90 Å². The Labute approximate surface area is 147 Å². The zero-order chi connectivity index (χ0) is 18.9. The lowest BCUT2D eigenvalue weighted by molar-refractivity contribution is -0.138. The monoisotopic (exact) mass is 373 g/mol. The van der Waals surface area contributed by atoms with Gasteiger partial charge in [0.2, 0.25) is 5.91 Å². The Morgan fingerprint density at radius 3 is 2.69 bits per heavy atom. The molecule has 0 aliphatic carbocycles. The van der Waals surface area contributed by atoms with Crippen LogP contribution in [0.1, 0.15) is 28.8 Å². The van der Waals surface area contributed by atoms with E-state index in [1.54, 1.807) is 4.90 Å². The molecule has 0 aromatic heterocycles. The molecule has 5 nitrogen and oxygen atoms in total. The average Bonchev–Trinajstić information content (AvgIpc) is 2.61. The molecule has 1 aromatic carbocycles. The molecule has 2 heterocycles. The van der Waals surface area contributed by atoms with Crippen molar-refractivity contribution in [3.63, 3.8) is 0 Å². The van der Waals surface area contributed by atoms with Gasteiger partial charge in [0.15, 0.2) is 0 Å². The lowest BCUT2D eigenvalue weighted by Crippen LogP contribution is -2.57. The van der Waals surface area contributed by atoms with E-state index < -0.39 is 29.0 Å². The summed E-state index contributed by atoms with van der Waals surface area (Å²) in [6, 6.07) is 1.63. The third-order valence-corrected chi connectivity index (χ3v) is 4.77. The second kappa shape index (κ2) is 7.22. The van der Waals surface area contributed by atoms with E-state index in [1.807, 2.05) is 0 Å². The highest BCUT2D eigenvalue weighted by Gasteiger charge is 2.35. The second-order valence-electron chi connectivity index (χ2n) is 6.50. The maximum Gasteiger partial charge on any atom is 0.416 e. The first-order valence-electron chi connectivity index (χ1n) is 8.43. The highest BCUT2D eigenvalue weighted by molar-refractivity contribution is 5.95. The van der Waals surface area contributed by atoms with E-state index in [9.17, 15) is 27.2 Å². The summed E-state index contributed by atoms with van der Waals surface area (Å²) in [4.78, 5) is 27.7. The normalized spacial score (nSPS) is 21.8. The largest absolute Gasteiger partial charge is 0.416 e. The number of rotatable bonds is 2. The molecule has 0 bridgehead atoms. The number of alkyl halides is 3. The van der Waals surface area contributed by atoms with Crippen LogP contribution in [0.4, 0.5) is 17.6 Å². The van der Waals surface area contributed by atoms with Crippen LogP contribution in [0.15, 0.2) is 18.2 Å². The fourth-order valence-corrected chi connectivity index (χ4v) is 3.44. The number of halogens is 4. The van der Waals surface area contributed by atoms with Gasteiger partial charge >= 0.3 is 6.18 Å². The van der Waals surface area contributed by atoms with Gasteiger partial charge in [0.1, 0.15) is 5.82 Å². The van der Waals surface area contributed by atoms with Gasteiger partial charge in [-0.3, -0.25) is 9.59 Å². The van der Waals surface area contributed by atoms with Crippen LogP contribution >= 0.6 is 0 Å². The number of nitrogens with zero attached hydrogens (tertiary/aromatic N) is 2. The molecule has 3 rings (SSSR count). The fraction of sp³-hybridized carbons (Fsp3) is 0.529. The van der Waals surface area contributed by atoms with Crippen molar-refractivity contribution in [2.75, 3.05) is 32.7 Å². The van der Waals surface area contributed by atoms with Crippen molar-refractivity contribution in [3.05, 3.63) is 35.1 Å². The minimum absolute atomic E-state index is 0.0687. The SMILES string of the molecule is O=C(c1cc(C(F)(F)F)ccc1F)N1CCCC(N2CCNCC2=O)C1. The first-order chi connectivity index (χ1) is 12.3. The molecule has 26 heavy (non-hydrogen) atoms. The van der Waals surface area contributed by atoms with Gasteiger partial charge in [0, 0.05) is 32.2 Å². The van der Waals surface area contributed by atoms with E-state index in [-0.39, 0.29) is 25.0 Å². The summed E-state index contributed by atoms with van der Waals surface area (Å²) in [5, 5.41) is 2.96. The molecule has 2 saturated heterocycles. The number of hydrogen-bond donors (Lipinski definition) is 1. The number of carbonyl (C=O) groups is 2. The van der Waals surface area contributed by atoms with Gasteiger partial charge in [-0.1, -0.05) is 0 Å². The van der Waals surface area contributed by atoms with Crippen molar-refractivity contribution in [1.82, 2.24) is 15.1 Å². The van der Waals surface area contributed by atoms with Crippen LogP contribution in [0, 0.1) is 5.82 Å². The van der Waals surface area contributed by atoms with Crippen molar-refractivity contribution in [3.8, 4) is 0 Å². The Hall–Kier alpha value is -2.16. The van der Waals surface area contributed by atoms with Gasteiger partial charge in [-0.15, -0.1) is 0 Å². The number of benzene rings is 1. The Morgan fingerprint density at radius 1 is 1.23 bits per heavy atom. The number of carbonyl (C=O) groups excluding carboxylic acids is 2. The molecular formula is C17H19F4N3O2. The maximum atomic E-state index is 14.0. The number of likely N-dealkylation sites (tertiary alicyclic amines) is 1. The average molecular weight is 373 g/mol. The van der Waals surface area contributed by atoms with Crippen LogP contribution in [0.2, 0.25) is 0 Å². The zero-order valence-corrected chi connectivity index (χ0v) is 14.0.